The first-order valence-corrected chi connectivity index (χ1v) is 6.96. The molecule has 1 unspecified atom stereocenters. The third-order valence-corrected chi connectivity index (χ3v) is 3.59. The maximum absolute atomic E-state index is 12.0. The quantitative estimate of drug-likeness (QED) is 0.803. The summed E-state index contributed by atoms with van der Waals surface area (Å²) in [4.78, 5) is 0.699. The highest BCUT2D eigenvalue weighted by Crippen LogP contribution is 2.12. The van der Waals surface area contributed by atoms with Gasteiger partial charge in [-0.05, 0) is 36.8 Å². The first-order valence-electron chi connectivity index (χ1n) is 5.86. The van der Waals surface area contributed by atoms with Crippen LogP contribution in [0.4, 0.5) is 0 Å². The van der Waals surface area contributed by atoms with E-state index < -0.39 is 11.0 Å². The summed E-state index contributed by atoms with van der Waals surface area (Å²) < 4.78 is 21.1. The molecule has 2 aromatic carbocycles. The minimum atomic E-state index is -1.37. The standard InChI is InChI=1S/C15H15NO2S/c1-12-6-8-15(9-7-12)19(17)16-11-13-4-3-5-14(10-13)18-2/h3-11H,1-2H3/b16-11+. The van der Waals surface area contributed by atoms with Crippen molar-refractivity contribution in [2.24, 2.45) is 4.40 Å². The minimum absolute atomic E-state index is 0.699. The zero-order valence-electron chi connectivity index (χ0n) is 10.9. The molecule has 0 aromatic heterocycles. The number of hydrogen-bond acceptors (Lipinski definition) is 2. The van der Waals surface area contributed by atoms with Gasteiger partial charge in [-0.1, -0.05) is 29.8 Å². The first kappa shape index (κ1) is 13.5. The molecular formula is C15H15NO2S. The average molecular weight is 273 g/mol. The predicted octanol–water partition coefficient (Wildman–Crippen LogP) is 3.15. The number of aryl methyl sites for hydroxylation is 1. The monoisotopic (exact) mass is 273 g/mol. The summed E-state index contributed by atoms with van der Waals surface area (Å²) in [5.74, 6) is 0.755. The van der Waals surface area contributed by atoms with E-state index in [0.717, 1.165) is 16.9 Å². The van der Waals surface area contributed by atoms with Gasteiger partial charge in [0.2, 0.25) is 0 Å². The van der Waals surface area contributed by atoms with Gasteiger partial charge in [-0.15, -0.1) is 0 Å². The third kappa shape index (κ3) is 3.76. The van der Waals surface area contributed by atoms with E-state index >= 15 is 0 Å². The highest BCUT2D eigenvalue weighted by molar-refractivity contribution is 7.83. The number of methoxy groups -OCH3 is 1. The molecule has 0 saturated heterocycles. The second-order valence-electron chi connectivity index (χ2n) is 4.07. The van der Waals surface area contributed by atoms with Gasteiger partial charge < -0.3 is 4.74 Å². The van der Waals surface area contributed by atoms with Crippen molar-refractivity contribution in [3.05, 3.63) is 59.7 Å². The lowest BCUT2D eigenvalue weighted by atomic mass is 10.2. The lowest BCUT2D eigenvalue weighted by Crippen LogP contribution is -1.90. The SMILES string of the molecule is COc1cccc(/C=N/S(=O)c2ccc(C)cc2)c1. The van der Waals surface area contributed by atoms with Crippen LogP contribution in [-0.2, 0) is 11.0 Å². The molecule has 0 aliphatic rings. The topological polar surface area (TPSA) is 38.7 Å². The Morgan fingerprint density at radius 3 is 2.58 bits per heavy atom. The average Bonchev–Trinajstić information content (AvgIpc) is 2.46. The van der Waals surface area contributed by atoms with Crippen molar-refractivity contribution in [3.63, 3.8) is 0 Å². The Balaban J connectivity index is 2.13. The maximum atomic E-state index is 12.0. The van der Waals surface area contributed by atoms with Crippen LogP contribution in [0.2, 0.25) is 0 Å². The second-order valence-corrected chi connectivity index (χ2v) is 5.25. The van der Waals surface area contributed by atoms with E-state index in [1.165, 1.54) is 0 Å². The van der Waals surface area contributed by atoms with Crippen molar-refractivity contribution < 1.29 is 8.95 Å². The molecule has 0 fully saturated rings. The lowest BCUT2D eigenvalue weighted by Gasteiger charge is -2.00. The Kier molecular flexibility index (Phi) is 4.47. The van der Waals surface area contributed by atoms with Gasteiger partial charge in [0.1, 0.15) is 5.75 Å². The molecule has 0 radical (unpaired) electrons. The molecule has 2 aromatic rings. The third-order valence-electron chi connectivity index (χ3n) is 2.61. The predicted molar refractivity (Wildman–Crippen MR) is 78.2 cm³/mol. The normalized spacial score (nSPS) is 12.5. The molecule has 0 aliphatic carbocycles. The zero-order chi connectivity index (χ0) is 13.7. The van der Waals surface area contributed by atoms with Crippen LogP contribution in [0, 0.1) is 6.92 Å². The van der Waals surface area contributed by atoms with E-state index in [1.807, 2.05) is 55.5 Å². The van der Waals surface area contributed by atoms with Gasteiger partial charge in [-0.3, -0.25) is 0 Å². The van der Waals surface area contributed by atoms with Gasteiger partial charge in [0, 0.05) is 6.21 Å². The molecule has 98 valence electrons. The molecule has 2 rings (SSSR count). The van der Waals surface area contributed by atoms with Crippen LogP contribution in [0.1, 0.15) is 11.1 Å². The summed E-state index contributed by atoms with van der Waals surface area (Å²) in [6.45, 7) is 1.99. The van der Waals surface area contributed by atoms with Gasteiger partial charge in [-0.25, -0.2) is 4.21 Å². The first-order chi connectivity index (χ1) is 9.19. The Bertz CT molecular complexity index is 606. The number of ether oxygens (including phenoxy) is 1. The smallest absolute Gasteiger partial charge is 0.172 e. The number of rotatable bonds is 4. The molecule has 0 amide bonds. The van der Waals surface area contributed by atoms with Crippen LogP contribution in [0.5, 0.6) is 5.75 Å². The molecular weight excluding hydrogens is 258 g/mol. The summed E-state index contributed by atoms with van der Waals surface area (Å²) in [7, 11) is 0.240. The van der Waals surface area contributed by atoms with Crippen molar-refractivity contribution in [1.82, 2.24) is 0 Å². The van der Waals surface area contributed by atoms with Crippen molar-refractivity contribution in [2.45, 2.75) is 11.8 Å². The van der Waals surface area contributed by atoms with Crippen LogP contribution in [0.15, 0.2) is 57.8 Å². The van der Waals surface area contributed by atoms with E-state index in [-0.39, 0.29) is 0 Å². The number of benzene rings is 2. The fourth-order valence-corrected chi connectivity index (χ4v) is 2.25. The molecule has 4 heteroatoms. The van der Waals surface area contributed by atoms with Gasteiger partial charge in [0.15, 0.2) is 11.0 Å². The lowest BCUT2D eigenvalue weighted by molar-refractivity contribution is 0.415. The molecule has 0 aliphatic heterocycles. The minimum Gasteiger partial charge on any atom is -0.497 e. The van der Waals surface area contributed by atoms with E-state index in [4.69, 9.17) is 4.74 Å². The van der Waals surface area contributed by atoms with Crippen LogP contribution in [0.25, 0.3) is 0 Å². The summed E-state index contributed by atoms with van der Waals surface area (Å²) in [5.41, 5.74) is 2.00. The van der Waals surface area contributed by atoms with Crippen molar-refractivity contribution in [2.75, 3.05) is 7.11 Å². The zero-order valence-corrected chi connectivity index (χ0v) is 11.7. The van der Waals surface area contributed by atoms with E-state index in [9.17, 15) is 4.21 Å². The summed E-state index contributed by atoms with van der Waals surface area (Å²) in [6, 6.07) is 15.0. The molecule has 3 nitrogen and oxygen atoms in total. The summed E-state index contributed by atoms with van der Waals surface area (Å²) in [5, 5.41) is 0. The number of hydrogen-bond donors (Lipinski definition) is 0. The molecule has 0 N–H and O–H groups in total. The molecule has 0 spiro atoms. The Labute approximate surface area is 115 Å². The van der Waals surface area contributed by atoms with Crippen LogP contribution in [-0.4, -0.2) is 17.5 Å². The Hall–Kier alpha value is -1.94. The van der Waals surface area contributed by atoms with Crippen LogP contribution < -0.4 is 4.74 Å². The highest BCUT2D eigenvalue weighted by atomic mass is 32.2. The van der Waals surface area contributed by atoms with Gasteiger partial charge in [0.25, 0.3) is 0 Å². The molecule has 0 heterocycles. The van der Waals surface area contributed by atoms with Crippen molar-refractivity contribution in [1.29, 1.82) is 0 Å². The van der Waals surface area contributed by atoms with Gasteiger partial charge >= 0.3 is 0 Å². The van der Waals surface area contributed by atoms with Crippen LogP contribution >= 0.6 is 0 Å². The Morgan fingerprint density at radius 1 is 1.16 bits per heavy atom. The fourth-order valence-electron chi connectivity index (χ4n) is 1.55. The van der Waals surface area contributed by atoms with E-state index in [1.54, 1.807) is 13.3 Å². The van der Waals surface area contributed by atoms with Gasteiger partial charge in [-0.2, -0.15) is 4.40 Å². The maximum Gasteiger partial charge on any atom is 0.172 e. The highest BCUT2D eigenvalue weighted by Gasteiger charge is 2.00. The Morgan fingerprint density at radius 2 is 1.89 bits per heavy atom. The number of nitrogens with zero attached hydrogens (tertiary/aromatic N) is 1. The largest absolute Gasteiger partial charge is 0.497 e. The molecule has 19 heavy (non-hydrogen) atoms. The van der Waals surface area contributed by atoms with E-state index in [2.05, 4.69) is 4.40 Å². The van der Waals surface area contributed by atoms with E-state index in [0.29, 0.717) is 4.90 Å². The van der Waals surface area contributed by atoms with Crippen molar-refractivity contribution >= 4 is 17.2 Å². The van der Waals surface area contributed by atoms with Gasteiger partial charge in [0.05, 0.1) is 12.0 Å². The summed E-state index contributed by atoms with van der Waals surface area (Å²) in [6.07, 6.45) is 1.60. The van der Waals surface area contributed by atoms with Crippen LogP contribution in [0.3, 0.4) is 0 Å². The summed E-state index contributed by atoms with van der Waals surface area (Å²) >= 11 is 0. The molecule has 1 atom stereocenters. The molecule has 0 saturated carbocycles. The van der Waals surface area contributed by atoms with Crippen molar-refractivity contribution in [3.8, 4) is 5.75 Å². The molecule has 0 bridgehead atoms. The second kappa shape index (κ2) is 6.29. The fraction of sp³-hybridized carbons (Fsp3) is 0.133.